The lowest BCUT2D eigenvalue weighted by atomic mass is 10.0. The fourth-order valence-electron chi connectivity index (χ4n) is 2.74. The van der Waals surface area contributed by atoms with Gasteiger partial charge in [0.25, 0.3) is 5.24 Å². The Morgan fingerprint density at radius 3 is 2.48 bits per heavy atom. The molecule has 2 rings (SSSR count). The van der Waals surface area contributed by atoms with Gasteiger partial charge in [-0.3, -0.25) is 4.79 Å². The van der Waals surface area contributed by atoms with E-state index in [-0.39, 0.29) is 5.24 Å². The summed E-state index contributed by atoms with van der Waals surface area (Å²) in [4.78, 5) is 15.5. The molecule has 5 heteroatoms. The summed E-state index contributed by atoms with van der Waals surface area (Å²) >= 11 is 1.35. The summed E-state index contributed by atoms with van der Waals surface area (Å²) in [6.07, 6.45) is 10.3. The van der Waals surface area contributed by atoms with Gasteiger partial charge >= 0.3 is 0 Å². The highest BCUT2D eigenvalue weighted by Crippen LogP contribution is 2.24. The molecule has 0 aliphatic heterocycles. The highest BCUT2D eigenvalue weighted by molar-refractivity contribution is 8.13. The van der Waals surface area contributed by atoms with Crippen LogP contribution in [0.3, 0.4) is 0 Å². The zero-order valence-electron chi connectivity index (χ0n) is 18.0. The molecule has 4 nitrogen and oxygen atoms in total. The molecule has 0 unspecified atom stereocenters. The number of benzene rings is 2. The molecule has 2 aromatic carbocycles. The summed E-state index contributed by atoms with van der Waals surface area (Å²) in [7, 11) is 7.52. The standard InChI is InChI=1S/C24H31N3OS/c1-6-19(13-14-25-2)7-8-20-9-10-22-18-23(12-11-21(22)17-20)27(5)15-16-29-24(28)26(3)4/h6-14,17-18,25H,15-16H2,1-5H3/b8-7+,14-13-,19-6-. The van der Waals surface area contributed by atoms with Crippen molar-refractivity contribution in [3.8, 4) is 0 Å². The van der Waals surface area contributed by atoms with E-state index in [4.69, 9.17) is 0 Å². The monoisotopic (exact) mass is 409 g/mol. The van der Waals surface area contributed by atoms with Crippen LogP contribution in [0.5, 0.6) is 0 Å². The molecule has 154 valence electrons. The molecule has 1 amide bonds. The van der Waals surface area contributed by atoms with E-state index in [0.717, 1.165) is 23.6 Å². The van der Waals surface area contributed by atoms with Crippen LogP contribution < -0.4 is 10.2 Å². The largest absolute Gasteiger partial charge is 0.394 e. The van der Waals surface area contributed by atoms with Crippen LogP contribution in [0.2, 0.25) is 0 Å². The van der Waals surface area contributed by atoms with Gasteiger partial charge in [-0.15, -0.1) is 0 Å². The van der Waals surface area contributed by atoms with Gasteiger partial charge in [-0.1, -0.05) is 48.2 Å². The number of hydrogen-bond acceptors (Lipinski definition) is 4. The maximum Gasteiger partial charge on any atom is 0.281 e. The summed E-state index contributed by atoms with van der Waals surface area (Å²) in [5, 5.41) is 5.54. The SMILES string of the molecule is C/C=C(\C=C/NC)/C=C/c1ccc2cc(N(C)CCSC(=O)N(C)C)ccc2c1. The summed E-state index contributed by atoms with van der Waals surface area (Å²) < 4.78 is 0. The van der Waals surface area contributed by atoms with Gasteiger partial charge in [-0.2, -0.15) is 0 Å². The first-order valence-electron chi connectivity index (χ1n) is 9.72. The van der Waals surface area contributed by atoms with Crippen LogP contribution in [0, 0.1) is 0 Å². The fraction of sp³-hybridized carbons (Fsp3) is 0.292. The number of carbonyl (C=O) groups is 1. The van der Waals surface area contributed by atoms with Gasteiger partial charge in [-0.05, 0) is 59.3 Å². The van der Waals surface area contributed by atoms with E-state index in [1.165, 1.54) is 28.1 Å². The van der Waals surface area contributed by atoms with Crippen LogP contribution >= 0.6 is 11.8 Å². The van der Waals surface area contributed by atoms with Crippen molar-refractivity contribution in [3.05, 3.63) is 72.0 Å². The van der Waals surface area contributed by atoms with Crippen molar-refractivity contribution in [2.45, 2.75) is 6.92 Å². The van der Waals surface area contributed by atoms with Crippen molar-refractivity contribution in [1.29, 1.82) is 0 Å². The highest BCUT2D eigenvalue weighted by atomic mass is 32.2. The second-order valence-electron chi connectivity index (χ2n) is 6.97. The molecule has 0 fully saturated rings. The van der Waals surface area contributed by atoms with Crippen LogP contribution in [-0.2, 0) is 0 Å². The molecule has 0 aliphatic rings. The van der Waals surface area contributed by atoms with Crippen LogP contribution in [0.25, 0.3) is 16.8 Å². The molecular formula is C24H31N3OS. The predicted molar refractivity (Wildman–Crippen MR) is 130 cm³/mol. The summed E-state index contributed by atoms with van der Waals surface area (Å²) in [5.74, 6) is 0.768. The Kier molecular flexibility index (Phi) is 8.87. The van der Waals surface area contributed by atoms with E-state index in [0.29, 0.717) is 0 Å². The summed E-state index contributed by atoms with van der Waals surface area (Å²) in [5.41, 5.74) is 3.49. The Hall–Kier alpha value is -2.66. The normalized spacial score (nSPS) is 12.1. The predicted octanol–water partition coefficient (Wildman–Crippen LogP) is 5.38. The van der Waals surface area contributed by atoms with Crippen molar-refractivity contribution in [1.82, 2.24) is 10.2 Å². The molecule has 0 saturated carbocycles. The molecule has 29 heavy (non-hydrogen) atoms. The number of nitrogens with zero attached hydrogens (tertiary/aromatic N) is 2. The maximum absolute atomic E-state index is 11.7. The first-order valence-corrected chi connectivity index (χ1v) is 10.7. The minimum atomic E-state index is 0.0972. The number of nitrogens with one attached hydrogen (secondary N) is 1. The zero-order chi connectivity index (χ0) is 21.2. The molecule has 0 saturated heterocycles. The van der Waals surface area contributed by atoms with E-state index in [2.05, 4.69) is 71.9 Å². The van der Waals surface area contributed by atoms with Crippen LogP contribution in [0.15, 0.2) is 66.4 Å². The second-order valence-corrected chi connectivity index (χ2v) is 8.01. The molecule has 0 atom stereocenters. The van der Waals surface area contributed by atoms with Crippen molar-refractivity contribution in [2.24, 2.45) is 0 Å². The number of thioether (sulfide) groups is 1. The lowest BCUT2D eigenvalue weighted by molar-refractivity contribution is 0.241. The van der Waals surface area contributed by atoms with E-state index in [1.807, 2.05) is 26.2 Å². The number of anilines is 1. The number of rotatable bonds is 8. The van der Waals surface area contributed by atoms with Crippen molar-refractivity contribution >= 4 is 39.5 Å². The van der Waals surface area contributed by atoms with Gasteiger partial charge in [-0.25, -0.2) is 0 Å². The average Bonchev–Trinajstić information content (AvgIpc) is 2.73. The van der Waals surface area contributed by atoms with Crippen LogP contribution in [0.1, 0.15) is 12.5 Å². The molecule has 0 heterocycles. The molecule has 0 radical (unpaired) electrons. The third kappa shape index (κ3) is 7.02. The zero-order valence-corrected chi connectivity index (χ0v) is 18.8. The molecule has 1 N–H and O–H groups in total. The van der Waals surface area contributed by atoms with Gasteiger partial charge in [0.15, 0.2) is 0 Å². The third-order valence-corrected chi connectivity index (χ3v) is 5.55. The Labute approximate surface area is 179 Å². The minimum Gasteiger partial charge on any atom is -0.394 e. The van der Waals surface area contributed by atoms with E-state index in [1.54, 1.807) is 19.0 Å². The average molecular weight is 410 g/mol. The Morgan fingerprint density at radius 1 is 1.07 bits per heavy atom. The quantitative estimate of drug-likeness (QED) is 0.594. The van der Waals surface area contributed by atoms with Gasteiger partial charge in [0.05, 0.1) is 0 Å². The number of hydrogen-bond donors (Lipinski definition) is 1. The van der Waals surface area contributed by atoms with E-state index < -0.39 is 0 Å². The van der Waals surface area contributed by atoms with E-state index in [9.17, 15) is 4.79 Å². The van der Waals surface area contributed by atoms with Gasteiger partial charge in [0.2, 0.25) is 0 Å². The molecule has 0 aliphatic carbocycles. The number of amides is 1. The van der Waals surface area contributed by atoms with Crippen molar-refractivity contribution in [3.63, 3.8) is 0 Å². The molecule has 2 aromatic rings. The van der Waals surface area contributed by atoms with Gasteiger partial charge < -0.3 is 15.1 Å². The molecule has 0 bridgehead atoms. The van der Waals surface area contributed by atoms with Gasteiger partial charge in [0, 0.05) is 46.2 Å². The number of fused-ring (bicyclic) bond motifs is 1. The topological polar surface area (TPSA) is 35.6 Å². The highest BCUT2D eigenvalue weighted by Gasteiger charge is 2.07. The fourth-order valence-corrected chi connectivity index (χ4v) is 3.54. The Bertz CT molecular complexity index is 915. The Balaban J connectivity index is 2.06. The summed E-state index contributed by atoms with van der Waals surface area (Å²) in [6, 6.07) is 13.0. The van der Waals surface area contributed by atoms with E-state index >= 15 is 0 Å². The third-order valence-electron chi connectivity index (χ3n) is 4.55. The summed E-state index contributed by atoms with van der Waals surface area (Å²) in [6.45, 7) is 2.86. The Morgan fingerprint density at radius 2 is 1.79 bits per heavy atom. The second kappa shape index (κ2) is 11.4. The first-order chi connectivity index (χ1) is 13.9. The number of carbonyl (C=O) groups excluding carboxylic acids is 1. The lowest BCUT2D eigenvalue weighted by Gasteiger charge is -2.20. The van der Waals surface area contributed by atoms with Crippen molar-refractivity contribution in [2.75, 3.05) is 45.4 Å². The van der Waals surface area contributed by atoms with Crippen molar-refractivity contribution < 1.29 is 4.79 Å². The van der Waals surface area contributed by atoms with Crippen LogP contribution in [-0.4, -0.2) is 50.6 Å². The maximum atomic E-state index is 11.7. The molecule has 0 aromatic heterocycles. The lowest BCUT2D eigenvalue weighted by Crippen LogP contribution is -2.23. The first kappa shape index (κ1) is 22.6. The van der Waals surface area contributed by atoms with Crippen LogP contribution in [0.4, 0.5) is 10.5 Å². The number of allylic oxidation sites excluding steroid dienone is 4. The smallest absolute Gasteiger partial charge is 0.281 e. The molecular weight excluding hydrogens is 378 g/mol. The minimum absolute atomic E-state index is 0.0972. The van der Waals surface area contributed by atoms with Gasteiger partial charge in [0.1, 0.15) is 0 Å². The molecule has 0 spiro atoms.